The molecule has 0 saturated carbocycles. The van der Waals surface area contributed by atoms with Gasteiger partial charge in [0.25, 0.3) is 0 Å². The van der Waals surface area contributed by atoms with Crippen LogP contribution in [0.3, 0.4) is 0 Å². The maximum atomic E-state index is 5.41. The minimum absolute atomic E-state index is 0.736. The zero-order valence-electron chi connectivity index (χ0n) is 5.02. The number of hydrogen-bond acceptors (Lipinski definition) is 2. The normalized spacial score (nSPS) is 9.75. The summed E-state index contributed by atoms with van der Waals surface area (Å²) in [6.07, 6.45) is 1.03. The number of hydrogen-bond donors (Lipinski definition) is 0. The predicted molar refractivity (Wildman–Crippen MR) is 39.4 cm³/mol. The van der Waals surface area contributed by atoms with Gasteiger partial charge in [0.15, 0.2) is 0 Å². The largest absolute Gasteiger partial charge is 0.316 e. The van der Waals surface area contributed by atoms with Gasteiger partial charge in [-0.25, -0.2) is 0 Å². The lowest BCUT2D eigenvalue weighted by molar-refractivity contribution is 0.401. The van der Waals surface area contributed by atoms with Crippen molar-refractivity contribution in [2.45, 2.75) is 13.3 Å². The van der Waals surface area contributed by atoms with Crippen LogP contribution in [0, 0.1) is 0 Å². The van der Waals surface area contributed by atoms with Crippen LogP contribution in [-0.4, -0.2) is 18.2 Å². The average Bonchev–Trinajstić information content (AvgIpc) is 1.81. The van der Waals surface area contributed by atoms with E-state index in [1.54, 1.807) is 0 Å². The van der Waals surface area contributed by atoms with Crippen molar-refractivity contribution in [1.82, 2.24) is 0 Å². The standard InChI is InChI=1S/C5H11ClOS/c1-2-7-8-5-3-4-6/h2-5H2,1H3. The van der Waals surface area contributed by atoms with Gasteiger partial charge in [-0.3, -0.25) is 0 Å². The SMILES string of the molecule is CCOSCCCCl. The van der Waals surface area contributed by atoms with Gasteiger partial charge in [0.1, 0.15) is 0 Å². The van der Waals surface area contributed by atoms with E-state index in [1.165, 1.54) is 12.0 Å². The number of halogens is 1. The summed E-state index contributed by atoms with van der Waals surface area (Å²) in [5, 5.41) is 0. The highest BCUT2D eigenvalue weighted by Crippen LogP contribution is 2.03. The fraction of sp³-hybridized carbons (Fsp3) is 1.00. The van der Waals surface area contributed by atoms with Crippen LogP contribution >= 0.6 is 23.6 Å². The molecule has 0 N–H and O–H groups in total. The first-order chi connectivity index (χ1) is 3.91. The Balaban J connectivity index is 2.53. The third-order valence-electron chi connectivity index (χ3n) is 0.562. The fourth-order valence-electron chi connectivity index (χ4n) is 0.256. The van der Waals surface area contributed by atoms with Gasteiger partial charge in [-0.2, -0.15) is 0 Å². The van der Waals surface area contributed by atoms with E-state index in [-0.39, 0.29) is 0 Å². The third-order valence-corrected chi connectivity index (χ3v) is 1.69. The van der Waals surface area contributed by atoms with E-state index < -0.39 is 0 Å². The minimum atomic E-state index is 0.736. The molecule has 0 aromatic rings. The van der Waals surface area contributed by atoms with Gasteiger partial charge in [0.05, 0.1) is 6.61 Å². The molecule has 0 unspecified atom stereocenters. The molecule has 0 bridgehead atoms. The van der Waals surface area contributed by atoms with E-state index >= 15 is 0 Å². The monoisotopic (exact) mass is 154 g/mol. The van der Waals surface area contributed by atoms with Crippen LogP contribution in [0.15, 0.2) is 0 Å². The summed E-state index contributed by atoms with van der Waals surface area (Å²) in [6, 6.07) is 0. The molecule has 0 aromatic carbocycles. The van der Waals surface area contributed by atoms with Gasteiger partial charge in [0.2, 0.25) is 0 Å². The summed E-state index contributed by atoms with van der Waals surface area (Å²) in [5.41, 5.74) is 0. The van der Waals surface area contributed by atoms with Crippen molar-refractivity contribution in [2.24, 2.45) is 0 Å². The van der Waals surface area contributed by atoms with Crippen LogP contribution in [0.4, 0.5) is 0 Å². The molecule has 0 amide bonds. The van der Waals surface area contributed by atoms with Gasteiger partial charge in [-0.1, -0.05) is 0 Å². The van der Waals surface area contributed by atoms with Crippen LogP contribution < -0.4 is 0 Å². The second-order valence-electron chi connectivity index (χ2n) is 1.27. The summed E-state index contributed by atoms with van der Waals surface area (Å²) in [6.45, 7) is 2.76. The van der Waals surface area contributed by atoms with Crippen molar-refractivity contribution in [1.29, 1.82) is 0 Å². The molecular formula is C5H11ClOS. The molecule has 0 atom stereocenters. The molecule has 8 heavy (non-hydrogen) atoms. The Kier molecular flexibility index (Phi) is 8.17. The van der Waals surface area contributed by atoms with Crippen LogP contribution in [0.5, 0.6) is 0 Å². The zero-order valence-corrected chi connectivity index (χ0v) is 6.60. The van der Waals surface area contributed by atoms with E-state index in [9.17, 15) is 0 Å². The topological polar surface area (TPSA) is 9.23 Å². The van der Waals surface area contributed by atoms with Crippen molar-refractivity contribution in [2.75, 3.05) is 18.2 Å². The molecule has 0 spiro atoms. The summed E-state index contributed by atoms with van der Waals surface area (Å²) < 4.78 is 4.99. The second-order valence-corrected chi connectivity index (χ2v) is 2.53. The van der Waals surface area contributed by atoms with Gasteiger partial charge in [0, 0.05) is 11.6 Å². The summed E-state index contributed by atoms with van der Waals surface area (Å²) >= 11 is 6.90. The van der Waals surface area contributed by atoms with Gasteiger partial charge < -0.3 is 4.18 Å². The first kappa shape index (κ1) is 8.60. The molecule has 0 aromatic heterocycles. The predicted octanol–water partition coefficient (Wildman–Crippen LogP) is 2.30. The van der Waals surface area contributed by atoms with Crippen molar-refractivity contribution < 1.29 is 4.18 Å². The maximum absolute atomic E-state index is 5.41. The number of alkyl halides is 1. The minimum Gasteiger partial charge on any atom is -0.316 e. The van der Waals surface area contributed by atoms with E-state index in [2.05, 4.69) is 0 Å². The first-order valence-corrected chi connectivity index (χ1v) is 4.16. The Morgan fingerprint density at radius 1 is 1.62 bits per heavy atom. The Morgan fingerprint density at radius 3 is 2.88 bits per heavy atom. The molecule has 0 heterocycles. The van der Waals surface area contributed by atoms with Crippen molar-refractivity contribution in [3.8, 4) is 0 Å². The maximum Gasteiger partial charge on any atom is 0.0585 e. The van der Waals surface area contributed by atoms with Crippen molar-refractivity contribution in [3.63, 3.8) is 0 Å². The molecule has 0 saturated heterocycles. The Morgan fingerprint density at radius 2 is 2.38 bits per heavy atom. The van der Waals surface area contributed by atoms with Crippen LogP contribution in [-0.2, 0) is 4.18 Å². The summed E-state index contributed by atoms with van der Waals surface area (Å²) in [4.78, 5) is 0. The van der Waals surface area contributed by atoms with Gasteiger partial charge >= 0.3 is 0 Å². The zero-order chi connectivity index (χ0) is 6.24. The first-order valence-electron chi connectivity index (χ1n) is 2.72. The van der Waals surface area contributed by atoms with Crippen LogP contribution in [0.25, 0.3) is 0 Å². The molecule has 0 aliphatic heterocycles. The van der Waals surface area contributed by atoms with E-state index in [4.69, 9.17) is 15.8 Å². The molecule has 1 nitrogen and oxygen atoms in total. The molecule has 0 fully saturated rings. The van der Waals surface area contributed by atoms with E-state index in [0.29, 0.717) is 0 Å². The second kappa shape index (κ2) is 7.60. The lowest BCUT2D eigenvalue weighted by atomic mass is 10.6. The lowest BCUT2D eigenvalue weighted by Gasteiger charge is -1.94. The summed E-state index contributed by atoms with van der Waals surface area (Å²) in [7, 11) is 0. The highest BCUT2D eigenvalue weighted by atomic mass is 35.5. The number of rotatable bonds is 5. The average molecular weight is 155 g/mol. The highest BCUT2D eigenvalue weighted by molar-refractivity contribution is 7.94. The summed E-state index contributed by atoms with van der Waals surface area (Å²) in [5.74, 6) is 1.75. The Labute approximate surface area is 59.9 Å². The molecule has 0 rings (SSSR count). The molecule has 3 heteroatoms. The molecule has 50 valence electrons. The van der Waals surface area contributed by atoms with Gasteiger partial charge in [-0.05, 0) is 25.4 Å². The smallest absolute Gasteiger partial charge is 0.0585 e. The molecule has 0 aliphatic carbocycles. The quantitative estimate of drug-likeness (QED) is 0.342. The van der Waals surface area contributed by atoms with Crippen LogP contribution in [0.2, 0.25) is 0 Å². The van der Waals surface area contributed by atoms with Crippen molar-refractivity contribution >= 4 is 23.6 Å². The fourth-order valence-corrected chi connectivity index (χ4v) is 1.09. The Bertz CT molecular complexity index is 37.4. The van der Waals surface area contributed by atoms with E-state index in [0.717, 1.165) is 24.7 Å². The molecule has 0 aliphatic rings. The van der Waals surface area contributed by atoms with E-state index in [1.807, 2.05) is 6.92 Å². The lowest BCUT2D eigenvalue weighted by Crippen LogP contribution is -1.83. The third kappa shape index (κ3) is 6.60. The highest BCUT2D eigenvalue weighted by Gasteiger charge is 1.84. The van der Waals surface area contributed by atoms with Crippen LogP contribution in [0.1, 0.15) is 13.3 Å². The van der Waals surface area contributed by atoms with Gasteiger partial charge in [-0.15, -0.1) is 11.6 Å². The molecule has 0 radical (unpaired) electrons. The van der Waals surface area contributed by atoms with Crippen molar-refractivity contribution in [3.05, 3.63) is 0 Å². The Hall–Kier alpha value is 0.600. The molecular weight excluding hydrogens is 144 g/mol.